The number of nitro groups is 1. The lowest BCUT2D eigenvalue weighted by molar-refractivity contribution is -0.384. The summed E-state index contributed by atoms with van der Waals surface area (Å²) in [5.41, 5.74) is 1.98. The maximum absolute atomic E-state index is 10.6. The van der Waals surface area contributed by atoms with Gasteiger partial charge in [-0.3, -0.25) is 10.1 Å². The average Bonchev–Trinajstić information content (AvgIpc) is 2.28. The van der Waals surface area contributed by atoms with Gasteiger partial charge >= 0.3 is 0 Å². The van der Waals surface area contributed by atoms with Gasteiger partial charge in [-0.1, -0.05) is 17.3 Å². The third-order valence-electron chi connectivity index (χ3n) is 2.18. The topological polar surface area (TPSA) is 75.7 Å². The fourth-order valence-corrected chi connectivity index (χ4v) is 1.16. The Kier molecular flexibility index (Phi) is 3.77. The molecule has 0 aromatic heterocycles. The Morgan fingerprint density at radius 3 is 2.75 bits per heavy atom. The fraction of sp³-hybridized carbons (Fsp3) is 0.182. The molecule has 0 aliphatic heterocycles. The van der Waals surface area contributed by atoms with E-state index >= 15 is 0 Å². The standard InChI is InChI=1S/C11H12N2O3/c1-8(9(2)12-14)6-10-4-3-5-11(7-10)13(15)16/h3-7,14H,1-2H3/b8-6-,12-9+. The van der Waals surface area contributed by atoms with Gasteiger partial charge in [-0.05, 0) is 31.1 Å². The average molecular weight is 220 g/mol. The number of nitro benzene ring substituents is 1. The molecule has 0 saturated carbocycles. The predicted molar refractivity (Wildman–Crippen MR) is 61.6 cm³/mol. The zero-order valence-corrected chi connectivity index (χ0v) is 9.04. The summed E-state index contributed by atoms with van der Waals surface area (Å²) in [6, 6.07) is 6.26. The van der Waals surface area contributed by atoms with Crippen LogP contribution >= 0.6 is 0 Å². The molecule has 1 aromatic carbocycles. The summed E-state index contributed by atoms with van der Waals surface area (Å²) < 4.78 is 0. The van der Waals surface area contributed by atoms with Gasteiger partial charge in [-0.2, -0.15) is 0 Å². The molecule has 16 heavy (non-hydrogen) atoms. The number of rotatable bonds is 3. The second-order valence-corrected chi connectivity index (χ2v) is 3.36. The number of oxime groups is 1. The summed E-state index contributed by atoms with van der Waals surface area (Å²) in [7, 11) is 0. The smallest absolute Gasteiger partial charge is 0.270 e. The van der Waals surface area contributed by atoms with E-state index < -0.39 is 4.92 Å². The van der Waals surface area contributed by atoms with Crippen LogP contribution in [-0.2, 0) is 0 Å². The van der Waals surface area contributed by atoms with Crippen LogP contribution in [0.1, 0.15) is 19.4 Å². The van der Waals surface area contributed by atoms with Gasteiger partial charge in [0, 0.05) is 12.1 Å². The third kappa shape index (κ3) is 2.91. The van der Waals surface area contributed by atoms with Crippen molar-refractivity contribution in [3.8, 4) is 0 Å². The maximum Gasteiger partial charge on any atom is 0.270 e. The van der Waals surface area contributed by atoms with Crippen molar-refractivity contribution >= 4 is 17.5 Å². The van der Waals surface area contributed by atoms with E-state index in [1.54, 1.807) is 32.1 Å². The molecule has 0 spiro atoms. The van der Waals surface area contributed by atoms with Gasteiger partial charge in [-0.15, -0.1) is 0 Å². The molecule has 0 fully saturated rings. The van der Waals surface area contributed by atoms with Crippen LogP contribution in [0.25, 0.3) is 6.08 Å². The molecule has 1 rings (SSSR count). The maximum atomic E-state index is 10.6. The fourth-order valence-electron chi connectivity index (χ4n) is 1.16. The van der Waals surface area contributed by atoms with Crippen molar-refractivity contribution in [2.75, 3.05) is 0 Å². The molecule has 84 valence electrons. The highest BCUT2D eigenvalue weighted by Gasteiger charge is 2.04. The van der Waals surface area contributed by atoms with Crippen LogP contribution in [0, 0.1) is 10.1 Å². The minimum absolute atomic E-state index is 0.0418. The normalized spacial score (nSPS) is 12.6. The van der Waals surface area contributed by atoms with Crippen molar-refractivity contribution in [2.24, 2.45) is 5.16 Å². The number of benzene rings is 1. The molecule has 5 nitrogen and oxygen atoms in total. The van der Waals surface area contributed by atoms with E-state index in [0.29, 0.717) is 11.3 Å². The minimum Gasteiger partial charge on any atom is -0.411 e. The van der Waals surface area contributed by atoms with E-state index in [2.05, 4.69) is 5.16 Å². The number of nitrogens with zero attached hydrogens (tertiary/aromatic N) is 2. The molecule has 1 N–H and O–H groups in total. The second-order valence-electron chi connectivity index (χ2n) is 3.36. The SMILES string of the molecule is CC(=C/c1cccc([N+](=O)[O-])c1)/C(C)=N/O. The number of hydrogen-bond donors (Lipinski definition) is 1. The van der Waals surface area contributed by atoms with Crippen LogP contribution in [-0.4, -0.2) is 15.8 Å². The lowest BCUT2D eigenvalue weighted by atomic mass is 10.1. The van der Waals surface area contributed by atoms with Gasteiger partial charge < -0.3 is 5.21 Å². The zero-order chi connectivity index (χ0) is 12.1. The highest BCUT2D eigenvalue weighted by Crippen LogP contribution is 2.15. The summed E-state index contributed by atoms with van der Waals surface area (Å²) in [4.78, 5) is 10.1. The van der Waals surface area contributed by atoms with E-state index in [1.165, 1.54) is 12.1 Å². The van der Waals surface area contributed by atoms with E-state index in [9.17, 15) is 10.1 Å². The summed E-state index contributed by atoms with van der Waals surface area (Å²) >= 11 is 0. The van der Waals surface area contributed by atoms with Crippen molar-refractivity contribution in [3.05, 3.63) is 45.5 Å². The molecule has 5 heteroatoms. The molecule has 0 radical (unpaired) electrons. The van der Waals surface area contributed by atoms with Crippen LogP contribution in [0.3, 0.4) is 0 Å². The van der Waals surface area contributed by atoms with Crippen LogP contribution in [0.5, 0.6) is 0 Å². The quantitative estimate of drug-likeness (QED) is 0.368. The molecule has 0 atom stereocenters. The molecule has 0 amide bonds. The lowest BCUT2D eigenvalue weighted by Crippen LogP contribution is -1.93. The summed E-state index contributed by atoms with van der Waals surface area (Å²) in [5.74, 6) is 0. The van der Waals surface area contributed by atoms with Gasteiger partial charge in [0.05, 0.1) is 10.6 Å². The van der Waals surface area contributed by atoms with Crippen molar-refractivity contribution in [3.63, 3.8) is 0 Å². The molecule has 0 aliphatic carbocycles. The highest BCUT2D eigenvalue weighted by atomic mass is 16.6. The molecule has 0 heterocycles. The Hall–Kier alpha value is -2.17. The Bertz CT molecular complexity index is 464. The van der Waals surface area contributed by atoms with Gasteiger partial charge in [0.25, 0.3) is 5.69 Å². The van der Waals surface area contributed by atoms with Gasteiger partial charge in [0.1, 0.15) is 0 Å². The predicted octanol–water partition coefficient (Wildman–Crippen LogP) is 2.85. The second kappa shape index (κ2) is 5.06. The van der Waals surface area contributed by atoms with Crippen molar-refractivity contribution < 1.29 is 10.1 Å². The molecule has 0 bridgehead atoms. The summed E-state index contributed by atoms with van der Waals surface area (Å²) in [6.45, 7) is 3.43. The lowest BCUT2D eigenvalue weighted by Gasteiger charge is -1.99. The first-order chi connectivity index (χ1) is 7.54. The van der Waals surface area contributed by atoms with Gasteiger partial charge in [0.2, 0.25) is 0 Å². The zero-order valence-electron chi connectivity index (χ0n) is 9.04. The Morgan fingerprint density at radius 2 is 2.19 bits per heavy atom. The monoisotopic (exact) mass is 220 g/mol. The Labute approximate surface area is 92.9 Å². The van der Waals surface area contributed by atoms with E-state index in [0.717, 1.165) is 5.57 Å². The van der Waals surface area contributed by atoms with Gasteiger partial charge in [0.15, 0.2) is 0 Å². The first-order valence-electron chi connectivity index (χ1n) is 4.66. The van der Waals surface area contributed by atoms with Gasteiger partial charge in [-0.25, -0.2) is 0 Å². The molecule has 0 aliphatic rings. The van der Waals surface area contributed by atoms with Crippen LogP contribution < -0.4 is 0 Å². The van der Waals surface area contributed by atoms with E-state index in [4.69, 9.17) is 5.21 Å². The van der Waals surface area contributed by atoms with Crippen molar-refractivity contribution in [1.29, 1.82) is 0 Å². The summed E-state index contributed by atoms with van der Waals surface area (Å²) in [5, 5.41) is 22.2. The van der Waals surface area contributed by atoms with Crippen molar-refractivity contribution in [2.45, 2.75) is 13.8 Å². The molecular weight excluding hydrogens is 208 g/mol. The summed E-state index contributed by atoms with van der Waals surface area (Å²) in [6.07, 6.45) is 1.72. The van der Waals surface area contributed by atoms with Crippen molar-refractivity contribution in [1.82, 2.24) is 0 Å². The Morgan fingerprint density at radius 1 is 1.50 bits per heavy atom. The number of hydrogen-bond acceptors (Lipinski definition) is 4. The number of allylic oxidation sites excluding steroid dienone is 1. The first-order valence-corrected chi connectivity index (χ1v) is 4.66. The van der Waals surface area contributed by atoms with Crippen LogP contribution in [0.2, 0.25) is 0 Å². The first kappa shape index (κ1) is 11.9. The van der Waals surface area contributed by atoms with E-state index in [1.807, 2.05) is 0 Å². The molecule has 0 saturated heterocycles. The van der Waals surface area contributed by atoms with E-state index in [-0.39, 0.29) is 5.69 Å². The van der Waals surface area contributed by atoms with Crippen LogP contribution in [0.15, 0.2) is 35.0 Å². The minimum atomic E-state index is -0.445. The largest absolute Gasteiger partial charge is 0.411 e. The molecular formula is C11H12N2O3. The highest BCUT2D eigenvalue weighted by molar-refractivity contribution is 6.01. The third-order valence-corrected chi connectivity index (χ3v) is 2.18. The Balaban J connectivity index is 3.06. The molecule has 0 unspecified atom stereocenters. The van der Waals surface area contributed by atoms with Crippen LogP contribution in [0.4, 0.5) is 5.69 Å². The number of non-ortho nitro benzene ring substituents is 1. The molecule has 1 aromatic rings.